The number of benzene rings is 5. The number of amides is 4. The van der Waals surface area contributed by atoms with Crippen LogP contribution in [0.15, 0.2) is 221 Å². The Balaban J connectivity index is 1.52. The van der Waals surface area contributed by atoms with E-state index in [2.05, 4.69) is 120 Å². The van der Waals surface area contributed by atoms with E-state index >= 15 is 0 Å². The SMILES string of the molecule is C=CC=CC(=O)Nc1cc[c]([Bi]([c]2ccc(NC(=O)C=CC=C)cc2)[c]2cc[c]([Bi]([c]3ccc(NC(=O)C=CC=C)cc3)[c]3ccc(NC(=O)C=CC=C)cc3)cc2)cc1. The molecule has 0 saturated carbocycles. The van der Waals surface area contributed by atoms with Crippen molar-refractivity contribution >= 4 is 110 Å². The molecule has 0 aliphatic carbocycles. The van der Waals surface area contributed by atoms with Gasteiger partial charge in [-0.05, 0) is 0 Å². The monoisotopic (exact) mass is 1180 g/mol. The Morgan fingerprint density at radius 3 is 0.650 bits per heavy atom. The van der Waals surface area contributed by atoms with Gasteiger partial charge in [-0.1, -0.05) is 0 Å². The van der Waals surface area contributed by atoms with Gasteiger partial charge in [0, 0.05) is 0 Å². The molecule has 0 fully saturated rings. The normalized spacial score (nSPS) is 11.2. The van der Waals surface area contributed by atoms with Gasteiger partial charge in [-0.15, -0.1) is 0 Å². The zero-order valence-corrected chi connectivity index (χ0v) is 39.8. The Hall–Kier alpha value is -6.33. The molecule has 0 aromatic heterocycles. The molecule has 0 heterocycles. The maximum atomic E-state index is 12.4. The summed E-state index contributed by atoms with van der Waals surface area (Å²) in [5, 5.41) is 11.6. The van der Waals surface area contributed by atoms with Gasteiger partial charge in [0.1, 0.15) is 0 Å². The molecule has 4 N–H and O–H groups in total. The molecule has 0 radical (unpaired) electrons. The predicted molar refractivity (Wildman–Crippen MR) is 253 cm³/mol. The zero-order valence-electron chi connectivity index (χ0n) is 32.8. The quantitative estimate of drug-likeness (QED) is 0.0532. The van der Waals surface area contributed by atoms with Crippen LogP contribution in [0.2, 0.25) is 0 Å². The number of hydrogen-bond acceptors (Lipinski definition) is 4. The van der Waals surface area contributed by atoms with E-state index in [1.807, 2.05) is 48.5 Å². The Morgan fingerprint density at radius 1 is 0.317 bits per heavy atom. The molecule has 5 aromatic carbocycles. The van der Waals surface area contributed by atoms with E-state index < -0.39 is 43.5 Å². The standard InChI is InChI=1S/4C11H10NO.C6H4.2Bi/c4*1-2-3-9-11(13)12-10-7-5-4-6-8-10;1-2-4-6-5-3-1;;/h4*2-3,5-9H,1H2,(H,12,13);1-2,5-6H;;. The van der Waals surface area contributed by atoms with Crippen molar-refractivity contribution in [2.45, 2.75) is 0 Å². The molecule has 4 amide bonds. The molecule has 0 unspecified atom stereocenters. The molecule has 0 bridgehead atoms. The number of rotatable bonds is 18. The molecule has 0 aliphatic heterocycles. The molecule has 0 spiro atoms. The Morgan fingerprint density at radius 2 is 0.483 bits per heavy atom. The second-order valence-corrected chi connectivity index (χ2v) is 30.0. The average molecular weight is 1180 g/mol. The van der Waals surface area contributed by atoms with Crippen LogP contribution >= 0.6 is 0 Å². The summed E-state index contributed by atoms with van der Waals surface area (Å²) in [6.45, 7) is 14.5. The fraction of sp³-hybridized carbons (Fsp3) is 0. The third-order valence-corrected chi connectivity index (χ3v) is 27.5. The van der Waals surface area contributed by atoms with Crippen molar-refractivity contribution in [3.63, 3.8) is 0 Å². The molecule has 0 aliphatic rings. The molecule has 10 heteroatoms. The molecule has 298 valence electrons. The summed E-state index contributed by atoms with van der Waals surface area (Å²) < 4.78 is 7.36. The van der Waals surface area contributed by atoms with Crippen LogP contribution < -0.4 is 40.9 Å². The van der Waals surface area contributed by atoms with E-state index in [4.69, 9.17) is 0 Å². The van der Waals surface area contributed by atoms with Gasteiger partial charge in [-0.2, -0.15) is 0 Å². The summed E-state index contributed by atoms with van der Waals surface area (Å²) in [6, 6.07) is 41.2. The van der Waals surface area contributed by atoms with Crippen molar-refractivity contribution in [3.05, 3.63) is 221 Å². The average Bonchev–Trinajstić information content (AvgIpc) is 3.26. The van der Waals surface area contributed by atoms with Crippen LogP contribution in [0.5, 0.6) is 0 Å². The molecule has 0 saturated heterocycles. The summed E-state index contributed by atoms with van der Waals surface area (Å²) in [5.41, 5.74) is 2.77. The van der Waals surface area contributed by atoms with Crippen LogP contribution in [-0.4, -0.2) is 67.1 Å². The molecule has 60 heavy (non-hydrogen) atoms. The maximum absolute atomic E-state index is 12.4. The number of anilines is 4. The van der Waals surface area contributed by atoms with Crippen LogP contribution in [0.4, 0.5) is 22.7 Å². The second kappa shape index (κ2) is 23.3. The summed E-state index contributed by atoms with van der Waals surface area (Å²) in [6.07, 6.45) is 18.3. The number of nitrogens with one attached hydrogen (secondary N) is 4. The van der Waals surface area contributed by atoms with Crippen molar-refractivity contribution in [1.29, 1.82) is 0 Å². The van der Waals surface area contributed by atoms with Crippen LogP contribution in [0.1, 0.15) is 0 Å². The van der Waals surface area contributed by atoms with Gasteiger partial charge >= 0.3 is 371 Å². The van der Waals surface area contributed by atoms with Gasteiger partial charge in [0.25, 0.3) is 0 Å². The number of carbonyl (C=O) groups is 4. The first kappa shape index (κ1) is 44.8. The van der Waals surface area contributed by atoms with Crippen molar-refractivity contribution < 1.29 is 19.2 Å². The van der Waals surface area contributed by atoms with Crippen LogP contribution in [0, 0.1) is 0 Å². The van der Waals surface area contributed by atoms with Gasteiger partial charge < -0.3 is 0 Å². The minimum atomic E-state index is -2.96. The number of allylic oxidation sites excluding steroid dienone is 8. The van der Waals surface area contributed by atoms with E-state index in [1.54, 1.807) is 48.6 Å². The first-order valence-corrected chi connectivity index (χ1v) is 29.2. The van der Waals surface area contributed by atoms with Crippen molar-refractivity contribution in [2.75, 3.05) is 21.3 Å². The van der Waals surface area contributed by atoms with E-state index in [0.717, 1.165) is 0 Å². The third-order valence-electron chi connectivity index (χ3n) is 8.47. The third kappa shape index (κ3) is 13.4. The number of hydrogen-bond donors (Lipinski definition) is 4. The van der Waals surface area contributed by atoms with Gasteiger partial charge in [0.15, 0.2) is 0 Å². The van der Waals surface area contributed by atoms with Crippen LogP contribution in [0.3, 0.4) is 0 Å². The summed E-state index contributed by atoms with van der Waals surface area (Å²) in [4.78, 5) is 49.5. The molecule has 5 aromatic rings. The van der Waals surface area contributed by atoms with Gasteiger partial charge in [-0.25, -0.2) is 0 Å². The van der Waals surface area contributed by atoms with Crippen LogP contribution in [-0.2, 0) is 19.2 Å². The van der Waals surface area contributed by atoms with Gasteiger partial charge in [-0.3, -0.25) is 0 Å². The Kier molecular flexibility index (Phi) is 17.4. The fourth-order valence-corrected chi connectivity index (χ4v) is 23.2. The molecule has 0 atom stereocenters. The Bertz CT molecular complexity index is 2130. The Labute approximate surface area is 367 Å². The van der Waals surface area contributed by atoms with Crippen molar-refractivity contribution in [2.24, 2.45) is 0 Å². The van der Waals surface area contributed by atoms with E-state index in [1.165, 1.54) is 43.9 Å². The summed E-state index contributed by atoms with van der Waals surface area (Å²) >= 11 is -5.93. The summed E-state index contributed by atoms with van der Waals surface area (Å²) in [7, 11) is 0. The zero-order chi connectivity index (χ0) is 42.7. The van der Waals surface area contributed by atoms with E-state index in [9.17, 15) is 19.2 Å². The summed E-state index contributed by atoms with van der Waals surface area (Å²) in [5.74, 6) is -0.948. The second-order valence-electron chi connectivity index (χ2n) is 12.7. The topological polar surface area (TPSA) is 116 Å². The predicted octanol–water partition coefficient (Wildman–Crippen LogP) is 5.44. The first-order valence-electron chi connectivity index (χ1n) is 18.7. The molecular formula is C50H44Bi2N4O4. The number of carbonyl (C=O) groups excluding carboxylic acids is 4. The minimum absolute atomic E-state index is 0.237. The first-order chi connectivity index (χ1) is 29.2. The van der Waals surface area contributed by atoms with Gasteiger partial charge in [0.05, 0.1) is 0 Å². The van der Waals surface area contributed by atoms with Gasteiger partial charge in [0.2, 0.25) is 0 Å². The van der Waals surface area contributed by atoms with Crippen molar-refractivity contribution in [3.8, 4) is 0 Å². The van der Waals surface area contributed by atoms with Crippen LogP contribution in [0.25, 0.3) is 0 Å². The van der Waals surface area contributed by atoms with E-state index in [-0.39, 0.29) is 23.6 Å². The molecule has 8 nitrogen and oxygen atoms in total. The molecular weight excluding hydrogens is 1140 g/mol. The fourth-order valence-electron chi connectivity index (χ4n) is 5.78. The molecule has 5 rings (SSSR count). The van der Waals surface area contributed by atoms with Crippen molar-refractivity contribution in [1.82, 2.24) is 0 Å². The van der Waals surface area contributed by atoms with E-state index in [0.29, 0.717) is 22.7 Å².